The summed E-state index contributed by atoms with van der Waals surface area (Å²) in [7, 11) is 0. The topological polar surface area (TPSA) is 35.5 Å². The summed E-state index contributed by atoms with van der Waals surface area (Å²) in [5.74, 6) is 5.07. The Balaban J connectivity index is 1.17. The van der Waals surface area contributed by atoms with Crippen molar-refractivity contribution in [2.45, 2.75) is 150 Å². The molecule has 0 aliphatic heterocycles. The van der Waals surface area contributed by atoms with Gasteiger partial charge in [0.25, 0.3) is 0 Å². The van der Waals surface area contributed by atoms with E-state index in [-0.39, 0.29) is 24.8 Å². The molecule has 0 aromatic rings. The van der Waals surface area contributed by atoms with Crippen molar-refractivity contribution >= 4 is 5.97 Å². The van der Waals surface area contributed by atoms with Crippen molar-refractivity contribution in [3.63, 3.8) is 0 Å². The maximum Gasteiger partial charge on any atom is 0.332 e. The first-order valence-corrected chi connectivity index (χ1v) is 16.7. The molecule has 0 bridgehead atoms. The lowest BCUT2D eigenvalue weighted by Crippen LogP contribution is -2.51. The summed E-state index contributed by atoms with van der Waals surface area (Å²) in [4.78, 5) is 12.6. The summed E-state index contributed by atoms with van der Waals surface area (Å²) in [6.45, 7) is 12.7. The molecule has 0 aromatic heterocycles. The fraction of sp³-hybridized carbons (Fsp3) is 0.914. The Morgan fingerprint density at radius 2 is 1.71 bits per heavy atom. The quantitative estimate of drug-likeness (QED) is 0.222. The summed E-state index contributed by atoms with van der Waals surface area (Å²) in [5.41, 5.74) is 2.47. The molecule has 4 fully saturated rings. The van der Waals surface area contributed by atoms with E-state index in [4.69, 9.17) is 9.47 Å². The van der Waals surface area contributed by atoms with Crippen molar-refractivity contribution in [3.8, 4) is 0 Å². The zero-order valence-corrected chi connectivity index (χ0v) is 25.4. The molecule has 3 heteroatoms. The summed E-state index contributed by atoms with van der Waals surface area (Å²) in [5, 5.41) is 0. The van der Waals surface area contributed by atoms with Crippen molar-refractivity contribution in [3.05, 3.63) is 11.6 Å². The molecule has 8 unspecified atom stereocenters. The molecule has 0 radical (unpaired) electrons. The molecule has 5 aliphatic carbocycles. The highest BCUT2D eigenvalue weighted by molar-refractivity contribution is 5.71. The van der Waals surface area contributed by atoms with Gasteiger partial charge in [-0.05, 0) is 104 Å². The van der Waals surface area contributed by atoms with Crippen LogP contribution in [-0.2, 0) is 14.3 Å². The third-order valence-electron chi connectivity index (χ3n) is 12.5. The molecule has 0 aromatic carbocycles. The minimum atomic E-state index is -0.147. The minimum Gasteiger partial charge on any atom is -0.460 e. The first-order valence-electron chi connectivity index (χ1n) is 16.7. The predicted molar refractivity (Wildman–Crippen MR) is 156 cm³/mol. The largest absolute Gasteiger partial charge is 0.460 e. The summed E-state index contributed by atoms with van der Waals surface area (Å²) >= 11 is 0. The molecule has 3 nitrogen and oxygen atoms in total. The van der Waals surface area contributed by atoms with E-state index in [1.54, 1.807) is 5.57 Å². The fourth-order valence-electron chi connectivity index (χ4n) is 10.4. The lowest BCUT2D eigenvalue weighted by atomic mass is 9.47. The predicted octanol–water partition coefficient (Wildman–Crippen LogP) is 9.29. The number of allylic oxidation sites excluding steroid dienone is 1. The van der Waals surface area contributed by atoms with Gasteiger partial charge in [0.2, 0.25) is 0 Å². The molecule has 0 N–H and O–H groups in total. The molecule has 0 heterocycles. The highest BCUT2D eigenvalue weighted by Crippen LogP contribution is 2.67. The number of hydrogen-bond donors (Lipinski definition) is 0. The average molecular weight is 527 g/mol. The van der Waals surface area contributed by atoms with Gasteiger partial charge >= 0.3 is 5.97 Å². The van der Waals surface area contributed by atoms with E-state index in [9.17, 15) is 4.79 Å². The molecule has 5 rings (SSSR count). The van der Waals surface area contributed by atoms with Crippen LogP contribution in [0.5, 0.6) is 0 Å². The molecule has 8 atom stereocenters. The second-order valence-electron chi connectivity index (χ2n) is 15.2. The molecule has 4 saturated carbocycles. The molecule has 0 saturated heterocycles. The highest BCUT2D eigenvalue weighted by Gasteiger charge is 2.59. The second kappa shape index (κ2) is 12.0. The van der Waals surface area contributed by atoms with Crippen molar-refractivity contribution in [2.75, 3.05) is 6.61 Å². The third kappa shape index (κ3) is 5.80. The summed E-state index contributed by atoms with van der Waals surface area (Å²) in [6.07, 6.45) is 23.3. The van der Waals surface area contributed by atoms with E-state index >= 15 is 0 Å². The highest BCUT2D eigenvalue weighted by atomic mass is 16.6. The van der Waals surface area contributed by atoms with Crippen LogP contribution in [0.15, 0.2) is 11.6 Å². The Bertz CT molecular complexity index is 840. The molecule has 0 amide bonds. The van der Waals surface area contributed by atoms with Gasteiger partial charge in [-0.15, -0.1) is 0 Å². The van der Waals surface area contributed by atoms with E-state index in [1.807, 2.05) is 0 Å². The number of hydrogen-bond acceptors (Lipinski definition) is 3. The van der Waals surface area contributed by atoms with Gasteiger partial charge in [-0.2, -0.15) is 0 Å². The third-order valence-corrected chi connectivity index (χ3v) is 12.5. The van der Waals surface area contributed by atoms with Crippen molar-refractivity contribution in [2.24, 2.45) is 46.3 Å². The number of esters is 1. The Hall–Kier alpha value is -0.830. The standard InChI is InChI=1S/C35H58O3/c1-24(2)10-9-11-25(3)30-16-17-31-29-15-14-26-22-28(38-33(36)23-37-27-12-7-6-8-13-27)18-20-34(26,4)32(29)19-21-35(30,31)5/h14,24-25,27-32H,6-13,15-23H2,1-5H3. The monoisotopic (exact) mass is 526 g/mol. The van der Waals surface area contributed by atoms with E-state index in [0.29, 0.717) is 10.8 Å². The van der Waals surface area contributed by atoms with E-state index in [2.05, 4.69) is 40.7 Å². The maximum absolute atomic E-state index is 12.6. The van der Waals surface area contributed by atoms with Gasteiger partial charge in [0.05, 0.1) is 6.10 Å². The molecular weight excluding hydrogens is 468 g/mol. The number of fused-ring (bicyclic) bond motifs is 5. The Morgan fingerprint density at radius 3 is 2.47 bits per heavy atom. The van der Waals surface area contributed by atoms with Crippen LogP contribution in [0, 0.1) is 46.3 Å². The van der Waals surface area contributed by atoms with Crippen LogP contribution in [0.4, 0.5) is 0 Å². The SMILES string of the molecule is CC(C)CCCC(C)C1CCC2C3CC=C4CC(OC(=O)COC5CCCCC5)CCC4(C)C3CCC12C. The maximum atomic E-state index is 12.6. The van der Waals surface area contributed by atoms with Gasteiger partial charge in [-0.1, -0.05) is 84.8 Å². The van der Waals surface area contributed by atoms with Crippen LogP contribution in [-0.4, -0.2) is 24.8 Å². The Morgan fingerprint density at radius 1 is 0.921 bits per heavy atom. The molecule has 216 valence electrons. The van der Waals surface area contributed by atoms with Crippen LogP contribution < -0.4 is 0 Å². The van der Waals surface area contributed by atoms with Gasteiger partial charge < -0.3 is 9.47 Å². The average Bonchev–Trinajstić information content (AvgIpc) is 3.25. The van der Waals surface area contributed by atoms with Crippen LogP contribution in [0.2, 0.25) is 0 Å². The van der Waals surface area contributed by atoms with Gasteiger partial charge in [-0.25, -0.2) is 4.79 Å². The van der Waals surface area contributed by atoms with Crippen LogP contribution in [0.1, 0.15) is 137 Å². The number of carbonyl (C=O) groups is 1. The van der Waals surface area contributed by atoms with E-state index in [1.165, 1.54) is 77.0 Å². The first kappa shape index (κ1) is 28.7. The molecule has 0 spiro atoms. The van der Waals surface area contributed by atoms with Gasteiger partial charge in [0, 0.05) is 6.42 Å². The molecule has 38 heavy (non-hydrogen) atoms. The Labute approximate surface area is 234 Å². The van der Waals surface area contributed by atoms with Crippen LogP contribution in [0.3, 0.4) is 0 Å². The summed E-state index contributed by atoms with van der Waals surface area (Å²) in [6, 6.07) is 0. The number of ether oxygens (including phenoxy) is 2. The lowest BCUT2D eigenvalue weighted by molar-refractivity contribution is -0.159. The lowest BCUT2D eigenvalue weighted by Gasteiger charge is -2.58. The van der Waals surface area contributed by atoms with Crippen LogP contribution in [0.25, 0.3) is 0 Å². The van der Waals surface area contributed by atoms with Gasteiger partial charge in [-0.3, -0.25) is 0 Å². The number of rotatable bonds is 9. The fourth-order valence-corrected chi connectivity index (χ4v) is 10.4. The first-order chi connectivity index (χ1) is 18.2. The number of carbonyl (C=O) groups excluding carboxylic acids is 1. The van der Waals surface area contributed by atoms with Crippen molar-refractivity contribution in [1.82, 2.24) is 0 Å². The van der Waals surface area contributed by atoms with Crippen LogP contribution >= 0.6 is 0 Å². The van der Waals surface area contributed by atoms with Crippen molar-refractivity contribution < 1.29 is 14.3 Å². The second-order valence-corrected chi connectivity index (χ2v) is 15.2. The Kier molecular flexibility index (Phi) is 9.03. The molecule has 5 aliphatic rings. The van der Waals surface area contributed by atoms with Gasteiger partial charge in [0.1, 0.15) is 12.7 Å². The van der Waals surface area contributed by atoms with E-state index < -0.39 is 0 Å². The molecular formula is C35H58O3. The van der Waals surface area contributed by atoms with Gasteiger partial charge in [0.15, 0.2) is 0 Å². The normalized spacial score (nSPS) is 40.2. The summed E-state index contributed by atoms with van der Waals surface area (Å²) < 4.78 is 11.9. The smallest absolute Gasteiger partial charge is 0.332 e. The zero-order valence-electron chi connectivity index (χ0n) is 25.4. The van der Waals surface area contributed by atoms with E-state index in [0.717, 1.165) is 61.2 Å². The van der Waals surface area contributed by atoms with Crippen molar-refractivity contribution in [1.29, 1.82) is 0 Å². The minimum absolute atomic E-state index is 0.0461. The zero-order chi connectivity index (χ0) is 26.9.